The van der Waals surface area contributed by atoms with Gasteiger partial charge in [-0.1, -0.05) is 25.4 Å². The van der Waals surface area contributed by atoms with Crippen molar-refractivity contribution in [2.24, 2.45) is 0 Å². The van der Waals surface area contributed by atoms with Crippen molar-refractivity contribution in [2.75, 3.05) is 43.0 Å². The maximum atomic E-state index is 12.2. The van der Waals surface area contributed by atoms with Gasteiger partial charge in [0.2, 0.25) is 0 Å². The number of fused-ring (bicyclic) bond motifs is 1. The Bertz CT molecular complexity index is 776. The summed E-state index contributed by atoms with van der Waals surface area (Å²) in [6.07, 6.45) is 1.69. The molecule has 0 atom stereocenters. The fourth-order valence-electron chi connectivity index (χ4n) is 2.53. The number of hydrogen-bond donors (Lipinski definition) is 1. The van der Waals surface area contributed by atoms with Crippen molar-refractivity contribution < 1.29 is 8.42 Å². The number of nitrogens with zero attached hydrogens (tertiary/aromatic N) is 2. The Morgan fingerprint density at radius 3 is 2.62 bits per heavy atom. The Kier molecular flexibility index (Phi) is 6.83. The summed E-state index contributed by atoms with van der Waals surface area (Å²) < 4.78 is 24.3. The Morgan fingerprint density at radius 1 is 1.17 bits per heavy atom. The van der Waals surface area contributed by atoms with Crippen molar-refractivity contribution in [1.29, 1.82) is 0 Å². The van der Waals surface area contributed by atoms with Gasteiger partial charge in [0.05, 0.1) is 17.0 Å². The molecule has 132 valence electrons. The van der Waals surface area contributed by atoms with E-state index in [0.717, 1.165) is 29.7 Å². The third-order valence-electron chi connectivity index (χ3n) is 4.05. The van der Waals surface area contributed by atoms with Crippen molar-refractivity contribution in [2.45, 2.75) is 13.8 Å². The molecule has 0 spiro atoms. The van der Waals surface area contributed by atoms with Gasteiger partial charge in [0.1, 0.15) is 0 Å². The van der Waals surface area contributed by atoms with Gasteiger partial charge in [0.25, 0.3) is 0 Å². The van der Waals surface area contributed by atoms with E-state index in [1.165, 1.54) is 0 Å². The molecule has 0 aliphatic carbocycles. The molecule has 0 aliphatic heterocycles. The largest absolute Gasteiger partial charge is 0.383 e. The van der Waals surface area contributed by atoms with Crippen LogP contribution >= 0.6 is 11.6 Å². The number of pyridine rings is 1. The topological polar surface area (TPSA) is 62.3 Å². The van der Waals surface area contributed by atoms with Gasteiger partial charge >= 0.3 is 0 Å². The van der Waals surface area contributed by atoms with E-state index in [2.05, 4.69) is 15.2 Å². The van der Waals surface area contributed by atoms with Gasteiger partial charge in [-0.3, -0.25) is 4.98 Å². The lowest BCUT2D eigenvalue weighted by Gasteiger charge is -2.17. The van der Waals surface area contributed by atoms with Crippen LogP contribution < -0.4 is 5.32 Å². The summed E-state index contributed by atoms with van der Waals surface area (Å²) in [5.74, 6) is 0.314. The first-order valence-corrected chi connectivity index (χ1v) is 10.4. The third kappa shape index (κ3) is 5.33. The van der Waals surface area contributed by atoms with E-state index in [0.29, 0.717) is 18.1 Å². The second-order valence-corrected chi connectivity index (χ2v) is 8.37. The molecule has 1 heterocycles. The van der Waals surface area contributed by atoms with E-state index in [9.17, 15) is 8.42 Å². The van der Waals surface area contributed by atoms with E-state index in [-0.39, 0.29) is 11.5 Å². The number of rotatable bonds is 9. The van der Waals surface area contributed by atoms with Crippen molar-refractivity contribution in [3.05, 3.63) is 35.5 Å². The number of anilines is 1. The van der Waals surface area contributed by atoms with Crippen LogP contribution in [0, 0.1) is 0 Å². The lowest BCUT2D eigenvalue weighted by atomic mass is 10.2. The monoisotopic (exact) mass is 369 g/mol. The highest BCUT2D eigenvalue weighted by Crippen LogP contribution is 2.24. The minimum atomic E-state index is -3.07. The average molecular weight is 370 g/mol. The highest BCUT2D eigenvalue weighted by atomic mass is 35.5. The van der Waals surface area contributed by atoms with Crippen LogP contribution in [0.2, 0.25) is 5.02 Å². The summed E-state index contributed by atoms with van der Waals surface area (Å²) in [7, 11) is -3.07. The summed E-state index contributed by atoms with van der Waals surface area (Å²) in [5, 5.41) is 4.77. The third-order valence-corrected chi connectivity index (χ3v) is 5.91. The predicted octanol–water partition coefficient (Wildman–Crippen LogP) is 3.06. The van der Waals surface area contributed by atoms with Crippen molar-refractivity contribution in [3.8, 4) is 0 Å². The molecule has 0 unspecified atom stereocenters. The smallest absolute Gasteiger partial charge is 0.153 e. The molecule has 0 bridgehead atoms. The molecule has 0 radical (unpaired) electrons. The number of benzene rings is 1. The number of nitrogens with one attached hydrogen (secondary N) is 1. The molecular weight excluding hydrogens is 346 g/mol. The van der Waals surface area contributed by atoms with Crippen LogP contribution in [0.1, 0.15) is 13.8 Å². The molecule has 0 fully saturated rings. The van der Waals surface area contributed by atoms with Crippen LogP contribution in [0.5, 0.6) is 0 Å². The molecule has 1 aromatic heterocycles. The molecule has 2 aromatic rings. The van der Waals surface area contributed by atoms with Crippen LogP contribution in [-0.4, -0.2) is 56.0 Å². The highest BCUT2D eigenvalue weighted by Gasteiger charge is 2.13. The van der Waals surface area contributed by atoms with Crippen molar-refractivity contribution in [1.82, 2.24) is 9.88 Å². The van der Waals surface area contributed by atoms with Gasteiger partial charge < -0.3 is 10.2 Å². The molecule has 0 amide bonds. The zero-order valence-electron chi connectivity index (χ0n) is 14.1. The molecule has 2 rings (SSSR count). The van der Waals surface area contributed by atoms with Gasteiger partial charge in [-0.2, -0.15) is 0 Å². The molecule has 1 aromatic carbocycles. The molecule has 1 N–H and O–H groups in total. The van der Waals surface area contributed by atoms with E-state index in [4.69, 9.17) is 11.6 Å². The minimum absolute atomic E-state index is 0.117. The molecule has 0 saturated carbocycles. The lowest BCUT2D eigenvalue weighted by molar-refractivity contribution is 0.322. The van der Waals surface area contributed by atoms with E-state index in [1.54, 1.807) is 18.3 Å². The normalized spacial score (nSPS) is 12.0. The number of hydrogen-bond acceptors (Lipinski definition) is 5. The predicted molar refractivity (Wildman–Crippen MR) is 102 cm³/mol. The van der Waals surface area contributed by atoms with Crippen LogP contribution in [0.3, 0.4) is 0 Å². The van der Waals surface area contributed by atoms with Gasteiger partial charge in [-0.25, -0.2) is 8.42 Å². The summed E-state index contributed by atoms with van der Waals surface area (Å²) in [6.45, 7) is 6.79. The Morgan fingerprint density at radius 2 is 1.92 bits per heavy atom. The molecule has 0 saturated heterocycles. The molecule has 0 aliphatic rings. The Balaban J connectivity index is 1.94. The average Bonchev–Trinajstić information content (AvgIpc) is 2.55. The van der Waals surface area contributed by atoms with Crippen LogP contribution in [0.15, 0.2) is 30.5 Å². The second kappa shape index (κ2) is 8.65. The first-order chi connectivity index (χ1) is 11.4. The number of sulfone groups is 1. The molecule has 5 nitrogen and oxygen atoms in total. The Labute approximate surface area is 148 Å². The fourth-order valence-corrected chi connectivity index (χ4v) is 3.85. The molecule has 7 heteroatoms. The zero-order chi connectivity index (χ0) is 17.6. The molecular formula is C17H24ClN3O2S. The fraction of sp³-hybridized carbons (Fsp3) is 0.471. The maximum absolute atomic E-state index is 12.2. The number of aromatic nitrogens is 1. The number of halogens is 1. The zero-order valence-corrected chi connectivity index (χ0v) is 15.7. The van der Waals surface area contributed by atoms with Crippen LogP contribution in [0.25, 0.3) is 10.9 Å². The SMILES string of the molecule is CCN(CC)CCS(=O)(=O)CCNc1ccnc2cc(Cl)ccc12. The first kappa shape index (κ1) is 19.0. The summed E-state index contributed by atoms with van der Waals surface area (Å²) in [6, 6.07) is 7.33. The van der Waals surface area contributed by atoms with E-state index < -0.39 is 9.84 Å². The minimum Gasteiger partial charge on any atom is -0.383 e. The van der Waals surface area contributed by atoms with Gasteiger partial charge in [-0.05, 0) is 37.4 Å². The van der Waals surface area contributed by atoms with Crippen molar-refractivity contribution in [3.63, 3.8) is 0 Å². The maximum Gasteiger partial charge on any atom is 0.153 e. The van der Waals surface area contributed by atoms with E-state index in [1.807, 2.05) is 26.0 Å². The summed E-state index contributed by atoms with van der Waals surface area (Å²) >= 11 is 5.98. The van der Waals surface area contributed by atoms with Crippen LogP contribution in [-0.2, 0) is 9.84 Å². The van der Waals surface area contributed by atoms with E-state index >= 15 is 0 Å². The quantitative estimate of drug-likeness (QED) is 0.736. The van der Waals surface area contributed by atoms with Crippen LogP contribution in [0.4, 0.5) is 5.69 Å². The summed E-state index contributed by atoms with van der Waals surface area (Å²) in [4.78, 5) is 6.40. The van der Waals surface area contributed by atoms with Gasteiger partial charge in [-0.15, -0.1) is 0 Å². The highest BCUT2D eigenvalue weighted by molar-refractivity contribution is 7.91. The Hall–Kier alpha value is -1.37. The van der Waals surface area contributed by atoms with Gasteiger partial charge in [0.15, 0.2) is 9.84 Å². The molecule has 24 heavy (non-hydrogen) atoms. The summed E-state index contributed by atoms with van der Waals surface area (Å²) in [5.41, 5.74) is 1.66. The second-order valence-electron chi connectivity index (χ2n) is 5.63. The standard InChI is InChI=1S/C17H24ClN3O2S/c1-3-21(4-2)10-12-24(22,23)11-9-20-16-7-8-19-17-13-14(18)5-6-15(16)17/h5-8,13H,3-4,9-12H2,1-2H3,(H,19,20). The first-order valence-electron chi connectivity index (χ1n) is 8.16. The van der Waals surface area contributed by atoms with Crippen molar-refractivity contribution >= 4 is 38.0 Å². The lowest BCUT2D eigenvalue weighted by Crippen LogP contribution is -2.30. The van der Waals surface area contributed by atoms with Gasteiger partial charge in [0, 0.05) is 35.4 Å².